The van der Waals surface area contributed by atoms with Crippen molar-refractivity contribution in [3.05, 3.63) is 72.2 Å². The summed E-state index contributed by atoms with van der Waals surface area (Å²) in [4.78, 5) is 22.7. The average molecular weight is 455 g/mol. The number of benzene rings is 2. The minimum Gasteiger partial charge on any atom is -0.494 e. The van der Waals surface area contributed by atoms with E-state index in [1.807, 2.05) is 0 Å². The van der Waals surface area contributed by atoms with Crippen molar-refractivity contribution in [2.24, 2.45) is 0 Å². The molecular formula is C22H19F2N5O2S. The smallest absolute Gasteiger partial charge is 0.233 e. The van der Waals surface area contributed by atoms with Crippen LogP contribution in [0, 0.1) is 11.6 Å². The fourth-order valence-corrected chi connectivity index (χ4v) is 4.02. The molecule has 4 rings (SSSR count). The van der Waals surface area contributed by atoms with Crippen molar-refractivity contribution < 1.29 is 18.3 Å². The van der Waals surface area contributed by atoms with Crippen molar-refractivity contribution >= 4 is 28.7 Å². The number of aromatic nitrogens is 4. The first-order valence-electron chi connectivity index (χ1n) is 9.60. The van der Waals surface area contributed by atoms with Crippen LogP contribution in [0.4, 0.5) is 8.78 Å². The summed E-state index contributed by atoms with van der Waals surface area (Å²) in [6.45, 7) is 0.266. The van der Waals surface area contributed by atoms with Gasteiger partial charge in [-0.2, -0.15) is 5.10 Å². The largest absolute Gasteiger partial charge is 0.494 e. The highest BCUT2D eigenvalue weighted by Crippen LogP contribution is 2.26. The molecule has 7 nitrogen and oxygen atoms in total. The van der Waals surface area contributed by atoms with Crippen molar-refractivity contribution in [1.29, 1.82) is 0 Å². The summed E-state index contributed by atoms with van der Waals surface area (Å²) in [6.07, 6.45) is 3.02. The Morgan fingerprint density at radius 3 is 2.66 bits per heavy atom. The zero-order chi connectivity index (χ0) is 22.7. The molecule has 0 fully saturated rings. The highest BCUT2D eigenvalue weighted by atomic mass is 32.2. The molecule has 0 radical (unpaired) electrons. The van der Waals surface area contributed by atoms with Crippen LogP contribution >= 0.6 is 11.8 Å². The van der Waals surface area contributed by atoms with Gasteiger partial charge in [0.15, 0.2) is 17.2 Å². The van der Waals surface area contributed by atoms with Crippen molar-refractivity contribution in [1.82, 2.24) is 24.6 Å². The van der Waals surface area contributed by atoms with E-state index in [4.69, 9.17) is 4.74 Å². The second-order valence-electron chi connectivity index (χ2n) is 6.96. The maximum absolute atomic E-state index is 13.9. The van der Waals surface area contributed by atoms with E-state index in [2.05, 4.69) is 15.1 Å². The van der Waals surface area contributed by atoms with Gasteiger partial charge in [-0.3, -0.25) is 4.79 Å². The van der Waals surface area contributed by atoms with Crippen LogP contribution in [0.15, 0.2) is 60.0 Å². The molecule has 2 heterocycles. The lowest BCUT2D eigenvalue weighted by Crippen LogP contribution is -2.27. The lowest BCUT2D eigenvalue weighted by atomic mass is 10.2. The van der Waals surface area contributed by atoms with E-state index < -0.39 is 5.82 Å². The zero-order valence-corrected chi connectivity index (χ0v) is 18.1. The third kappa shape index (κ3) is 4.54. The number of carbonyl (C=O) groups is 1. The second-order valence-corrected chi connectivity index (χ2v) is 7.92. The average Bonchev–Trinajstić information content (AvgIpc) is 3.23. The van der Waals surface area contributed by atoms with Gasteiger partial charge in [0.2, 0.25) is 5.91 Å². The Morgan fingerprint density at radius 2 is 1.94 bits per heavy atom. The van der Waals surface area contributed by atoms with E-state index in [9.17, 15) is 13.6 Å². The third-order valence-corrected chi connectivity index (χ3v) is 5.78. The van der Waals surface area contributed by atoms with E-state index in [0.29, 0.717) is 27.3 Å². The molecule has 0 unspecified atom stereocenters. The Balaban J connectivity index is 1.45. The topological polar surface area (TPSA) is 73.1 Å². The molecule has 1 amide bonds. The number of halogens is 2. The van der Waals surface area contributed by atoms with Gasteiger partial charge in [-0.1, -0.05) is 17.8 Å². The number of ether oxygens (including phenoxy) is 1. The fourth-order valence-electron chi connectivity index (χ4n) is 3.12. The summed E-state index contributed by atoms with van der Waals surface area (Å²) in [5.41, 5.74) is 1.89. The van der Waals surface area contributed by atoms with Crippen LogP contribution in [-0.4, -0.2) is 50.5 Å². The fraction of sp³-hybridized carbons (Fsp3) is 0.182. The molecule has 0 spiro atoms. The number of hydrogen-bond acceptors (Lipinski definition) is 6. The maximum Gasteiger partial charge on any atom is 0.233 e. The molecule has 2 aromatic carbocycles. The minimum atomic E-state index is -0.471. The molecule has 0 atom stereocenters. The lowest BCUT2D eigenvalue weighted by molar-refractivity contribution is -0.127. The molecule has 32 heavy (non-hydrogen) atoms. The molecule has 0 aliphatic carbocycles. The Labute approximate surface area is 187 Å². The van der Waals surface area contributed by atoms with Crippen molar-refractivity contribution in [2.75, 3.05) is 19.9 Å². The zero-order valence-electron chi connectivity index (χ0n) is 17.3. The second kappa shape index (κ2) is 9.31. The molecule has 0 saturated carbocycles. The van der Waals surface area contributed by atoms with Crippen LogP contribution in [0.5, 0.6) is 5.75 Å². The molecule has 0 aliphatic rings. The highest BCUT2D eigenvalue weighted by molar-refractivity contribution is 8.00. The van der Waals surface area contributed by atoms with Gasteiger partial charge < -0.3 is 9.64 Å². The SMILES string of the molecule is COc1ccc(CN(C)C(=O)CSc2ncnc3c2cnn3-c2ccc(F)cc2)cc1F. The number of rotatable bonds is 7. The molecule has 0 aliphatic heterocycles. The molecule has 0 N–H and O–H groups in total. The minimum absolute atomic E-state index is 0.135. The number of fused-ring (bicyclic) bond motifs is 1. The van der Waals surface area contributed by atoms with Gasteiger partial charge in [-0.25, -0.2) is 23.4 Å². The Kier molecular flexibility index (Phi) is 6.31. The van der Waals surface area contributed by atoms with Gasteiger partial charge in [0.25, 0.3) is 0 Å². The predicted octanol–water partition coefficient (Wildman–Crippen LogP) is 3.85. The Bertz CT molecular complexity index is 1260. The molecule has 0 bridgehead atoms. The van der Waals surface area contributed by atoms with Crippen LogP contribution in [0.3, 0.4) is 0 Å². The highest BCUT2D eigenvalue weighted by Gasteiger charge is 2.16. The molecule has 10 heteroatoms. The van der Waals surface area contributed by atoms with Gasteiger partial charge in [0.1, 0.15) is 17.2 Å². The Hall–Kier alpha value is -3.53. The Morgan fingerprint density at radius 1 is 1.16 bits per heavy atom. The predicted molar refractivity (Wildman–Crippen MR) is 117 cm³/mol. The van der Waals surface area contributed by atoms with E-state index in [1.165, 1.54) is 54.4 Å². The molecule has 164 valence electrons. The number of hydrogen-bond donors (Lipinski definition) is 0. The summed E-state index contributed by atoms with van der Waals surface area (Å²) >= 11 is 1.27. The van der Waals surface area contributed by atoms with E-state index >= 15 is 0 Å². The summed E-state index contributed by atoms with van der Waals surface area (Å²) in [5.74, 6) is -0.641. The van der Waals surface area contributed by atoms with Crippen LogP contribution < -0.4 is 4.74 Å². The van der Waals surface area contributed by atoms with Crippen molar-refractivity contribution in [2.45, 2.75) is 11.6 Å². The monoisotopic (exact) mass is 455 g/mol. The van der Waals surface area contributed by atoms with Gasteiger partial charge >= 0.3 is 0 Å². The van der Waals surface area contributed by atoms with Crippen LogP contribution in [-0.2, 0) is 11.3 Å². The normalized spacial score (nSPS) is 11.0. The number of nitrogens with zero attached hydrogens (tertiary/aromatic N) is 5. The van der Waals surface area contributed by atoms with Crippen molar-refractivity contribution in [3.8, 4) is 11.4 Å². The summed E-state index contributed by atoms with van der Waals surface area (Å²) in [7, 11) is 3.06. The molecule has 2 aromatic heterocycles. The summed E-state index contributed by atoms with van der Waals surface area (Å²) in [5, 5.41) is 5.63. The third-order valence-electron chi connectivity index (χ3n) is 4.79. The quantitative estimate of drug-likeness (QED) is 0.311. The van der Waals surface area contributed by atoms with Crippen molar-refractivity contribution in [3.63, 3.8) is 0 Å². The molecule has 4 aromatic rings. The maximum atomic E-state index is 13.9. The number of carbonyl (C=O) groups excluding carboxylic acids is 1. The first kappa shape index (κ1) is 21.7. The standard InChI is InChI=1S/C22H19F2N5O2S/c1-28(11-14-3-8-19(31-2)18(24)9-14)20(30)12-32-22-17-10-27-29(21(17)25-13-26-22)16-6-4-15(23)5-7-16/h3-10,13H,11-12H2,1-2H3. The first-order valence-corrected chi connectivity index (χ1v) is 10.6. The van der Waals surface area contributed by atoms with Gasteiger partial charge in [0.05, 0.1) is 30.1 Å². The van der Waals surface area contributed by atoms with Gasteiger partial charge in [0, 0.05) is 13.6 Å². The summed E-state index contributed by atoms with van der Waals surface area (Å²) in [6, 6.07) is 10.5. The number of thioether (sulfide) groups is 1. The van der Waals surface area contributed by atoms with E-state index in [-0.39, 0.29) is 29.8 Å². The molecular weight excluding hydrogens is 436 g/mol. The van der Waals surface area contributed by atoms with Gasteiger partial charge in [-0.15, -0.1) is 0 Å². The first-order chi connectivity index (χ1) is 15.5. The van der Waals surface area contributed by atoms with E-state index in [1.54, 1.807) is 36.1 Å². The van der Waals surface area contributed by atoms with E-state index in [0.717, 1.165) is 0 Å². The number of methoxy groups -OCH3 is 1. The molecule has 0 saturated heterocycles. The number of amides is 1. The van der Waals surface area contributed by atoms with Crippen LogP contribution in [0.1, 0.15) is 5.56 Å². The van der Waals surface area contributed by atoms with Crippen LogP contribution in [0.25, 0.3) is 16.7 Å². The van der Waals surface area contributed by atoms with Gasteiger partial charge in [-0.05, 0) is 42.0 Å². The van der Waals surface area contributed by atoms with Crippen LogP contribution in [0.2, 0.25) is 0 Å². The summed E-state index contributed by atoms with van der Waals surface area (Å²) < 4.78 is 33.6. The lowest BCUT2D eigenvalue weighted by Gasteiger charge is -2.17.